The molecule has 2 rings (SSSR count). The number of hydrogen-bond donors (Lipinski definition) is 2. The van der Waals surface area contributed by atoms with Gasteiger partial charge in [-0.15, -0.1) is 0 Å². The lowest BCUT2D eigenvalue weighted by atomic mass is 10.0. The van der Waals surface area contributed by atoms with Crippen LogP contribution in [0.5, 0.6) is 11.5 Å². The van der Waals surface area contributed by atoms with Gasteiger partial charge in [0.15, 0.2) is 0 Å². The van der Waals surface area contributed by atoms with Crippen molar-refractivity contribution in [3.8, 4) is 11.5 Å². The second kappa shape index (κ2) is 5.61. The Morgan fingerprint density at radius 3 is 2.63 bits per heavy atom. The third-order valence-electron chi connectivity index (χ3n) is 2.98. The fraction of sp³-hybridized carbons (Fsp3) is 0.267. The Morgan fingerprint density at radius 2 is 2.00 bits per heavy atom. The van der Waals surface area contributed by atoms with Crippen molar-refractivity contribution in [2.45, 2.75) is 13.3 Å². The highest BCUT2D eigenvalue weighted by Crippen LogP contribution is 2.35. The summed E-state index contributed by atoms with van der Waals surface area (Å²) in [6.45, 7) is 2.55. The Kier molecular flexibility index (Phi) is 3.90. The van der Waals surface area contributed by atoms with Gasteiger partial charge in [0.25, 0.3) is 5.91 Å². The summed E-state index contributed by atoms with van der Waals surface area (Å²) in [5, 5.41) is 14.4. The molecule has 0 fully saturated rings. The van der Waals surface area contributed by atoms with E-state index in [1.54, 1.807) is 19.2 Å². The smallest absolute Gasteiger partial charge is 0.255 e. The van der Waals surface area contributed by atoms with Gasteiger partial charge in [-0.1, -0.05) is 31.2 Å². The first kappa shape index (κ1) is 13.2. The molecule has 2 aromatic carbocycles. The fourth-order valence-corrected chi connectivity index (χ4v) is 2.00. The van der Waals surface area contributed by atoms with E-state index in [1.807, 2.05) is 25.1 Å². The highest BCUT2D eigenvalue weighted by molar-refractivity contribution is 6.05. The van der Waals surface area contributed by atoms with Crippen LogP contribution in [0.3, 0.4) is 0 Å². The van der Waals surface area contributed by atoms with Crippen molar-refractivity contribution in [1.82, 2.24) is 5.32 Å². The Balaban J connectivity index is 2.56. The summed E-state index contributed by atoms with van der Waals surface area (Å²) in [4.78, 5) is 12.0. The molecule has 0 saturated carbocycles. The van der Waals surface area contributed by atoms with Crippen LogP contribution in [0.1, 0.15) is 23.7 Å². The van der Waals surface area contributed by atoms with Crippen molar-refractivity contribution < 1.29 is 14.6 Å². The van der Waals surface area contributed by atoms with Crippen LogP contribution in [0.2, 0.25) is 0 Å². The van der Waals surface area contributed by atoms with E-state index in [9.17, 15) is 9.90 Å². The van der Waals surface area contributed by atoms with Crippen LogP contribution in [-0.2, 0) is 0 Å². The maximum Gasteiger partial charge on any atom is 0.255 e. The molecule has 0 bridgehead atoms. The largest absolute Gasteiger partial charge is 0.506 e. The minimum atomic E-state index is -0.289. The number of phenolic OH excluding ortho intramolecular Hbond substituents is 1. The van der Waals surface area contributed by atoms with Crippen LogP contribution < -0.4 is 10.1 Å². The molecule has 0 atom stereocenters. The first-order valence-electron chi connectivity index (χ1n) is 6.26. The van der Waals surface area contributed by atoms with E-state index in [0.717, 1.165) is 11.8 Å². The summed E-state index contributed by atoms with van der Waals surface area (Å²) in [5.41, 5.74) is 0.240. The average Bonchev–Trinajstić information content (AvgIpc) is 2.45. The SMILES string of the molecule is CCCNC(=O)c1cc(OC)c2ccccc2c1O. The van der Waals surface area contributed by atoms with Crippen molar-refractivity contribution in [2.24, 2.45) is 0 Å². The molecule has 0 aliphatic heterocycles. The average molecular weight is 259 g/mol. The van der Waals surface area contributed by atoms with Crippen molar-refractivity contribution in [1.29, 1.82) is 0 Å². The lowest BCUT2D eigenvalue weighted by molar-refractivity contribution is 0.0951. The molecule has 2 N–H and O–H groups in total. The second-order valence-corrected chi connectivity index (χ2v) is 4.28. The number of hydrogen-bond acceptors (Lipinski definition) is 3. The number of amides is 1. The highest BCUT2D eigenvalue weighted by atomic mass is 16.5. The van der Waals surface area contributed by atoms with Crippen LogP contribution in [0.25, 0.3) is 10.8 Å². The van der Waals surface area contributed by atoms with Gasteiger partial charge in [0, 0.05) is 17.3 Å². The molecular weight excluding hydrogens is 242 g/mol. The van der Waals surface area contributed by atoms with Gasteiger partial charge in [-0.2, -0.15) is 0 Å². The van der Waals surface area contributed by atoms with Crippen LogP contribution in [-0.4, -0.2) is 24.7 Å². The molecule has 100 valence electrons. The molecule has 0 unspecified atom stereocenters. The molecule has 0 radical (unpaired) electrons. The predicted molar refractivity (Wildman–Crippen MR) is 74.8 cm³/mol. The summed E-state index contributed by atoms with van der Waals surface area (Å²) in [5.74, 6) is 0.281. The molecule has 1 amide bonds. The topological polar surface area (TPSA) is 58.6 Å². The lowest BCUT2D eigenvalue weighted by Crippen LogP contribution is -2.24. The van der Waals surface area contributed by atoms with Gasteiger partial charge in [0.05, 0.1) is 12.7 Å². The number of ether oxygens (including phenoxy) is 1. The maximum absolute atomic E-state index is 12.0. The molecular formula is C15H17NO3. The molecule has 0 spiro atoms. The van der Waals surface area contributed by atoms with E-state index in [1.165, 1.54) is 0 Å². The van der Waals surface area contributed by atoms with E-state index in [-0.39, 0.29) is 17.2 Å². The van der Waals surface area contributed by atoms with Gasteiger partial charge in [-0.25, -0.2) is 0 Å². The van der Waals surface area contributed by atoms with Crippen LogP contribution in [0, 0.1) is 0 Å². The summed E-state index contributed by atoms with van der Waals surface area (Å²) >= 11 is 0. The third-order valence-corrected chi connectivity index (χ3v) is 2.98. The molecule has 0 aliphatic rings. The Hall–Kier alpha value is -2.23. The lowest BCUT2D eigenvalue weighted by Gasteiger charge is -2.12. The zero-order valence-corrected chi connectivity index (χ0v) is 11.1. The minimum absolute atomic E-state index is 0.00926. The molecule has 2 aromatic rings. The van der Waals surface area contributed by atoms with Gasteiger partial charge in [-0.05, 0) is 12.5 Å². The molecule has 4 nitrogen and oxygen atoms in total. The molecule has 0 aromatic heterocycles. The number of carbonyl (C=O) groups is 1. The van der Waals surface area contributed by atoms with Gasteiger partial charge < -0.3 is 15.2 Å². The van der Waals surface area contributed by atoms with Crippen molar-refractivity contribution in [3.05, 3.63) is 35.9 Å². The fourth-order valence-electron chi connectivity index (χ4n) is 2.00. The van der Waals surface area contributed by atoms with Crippen molar-refractivity contribution in [2.75, 3.05) is 13.7 Å². The van der Waals surface area contributed by atoms with E-state index in [2.05, 4.69) is 5.32 Å². The standard InChI is InChI=1S/C15H17NO3/c1-3-8-16-15(18)12-9-13(19-2)10-6-4-5-7-11(10)14(12)17/h4-7,9,17H,3,8H2,1-2H3,(H,16,18). The van der Waals surface area contributed by atoms with Gasteiger partial charge >= 0.3 is 0 Å². The quantitative estimate of drug-likeness (QED) is 0.887. The predicted octanol–water partition coefficient (Wildman–Crippen LogP) is 2.69. The Morgan fingerprint density at radius 1 is 1.32 bits per heavy atom. The summed E-state index contributed by atoms with van der Waals surface area (Å²) in [6.07, 6.45) is 0.844. The monoisotopic (exact) mass is 259 g/mol. The zero-order valence-electron chi connectivity index (χ0n) is 11.1. The molecule has 0 heterocycles. The number of aromatic hydroxyl groups is 1. The van der Waals surface area contributed by atoms with Crippen LogP contribution >= 0.6 is 0 Å². The Bertz CT molecular complexity index is 608. The second-order valence-electron chi connectivity index (χ2n) is 4.28. The first-order valence-corrected chi connectivity index (χ1v) is 6.26. The van der Waals surface area contributed by atoms with Crippen LogP contribution in [0.4, 0.5) is 0 Å². The number of benzene rings is 2. The van der Waals surface area contributed by atoms with E-state index >= 15 is 0 Å². The number of phenols is 1. The summed E-state index contributed by atoms with van der Waals surface area (Å²) in [7, 11) is 1.55. The van der Waals surface area contributed by atoms with Crippen molar-refractivity contribution >= 4 is 16.7 Å². The molecule has 4 heteroatoms. The number of fused-ring (bicyclic) bond motifs is 1. The van der Waals surface area contributed by atoms with Gasteiger partial charge in [0.1, 0.15) is 11.5 Å². The normalized spacial score (nSPS) is 10.4. The summed E-state index contributed by atoms with van der Waals surface area (Å²) < 4.78 is 5.29. The third kappa shape index (κ3) is 2.47. The number of rotatable bonds is 4. The van der Waals surface area contributed by atoms with E-state index in [4.69, 9.17) is 4.74 Å². The number of nitrogens with one attached hydrogen (secondary N) is 1. The first-order chi connectivity index (χ1) is 9.19. The Labute approximate surface area is 112 Å². The summed E-state index contributed by atoms with van der Waals surface area (Å²) in [6, 6.07) is 8.87. The van der Waals surface area contributed by atoms with Crippen LogP contribution in [0.15, 0.2) is 30.3 Å². The maximum atomic E-state index is 12.0. The van der Waals surface area contributed by atoms with Crippen molar-refractivity contribution in [3.63, 3.8) is 0 Å². The number of carbonyl (C=O) groups excluding carboxylic acids is 1. The van der Waals surface area contributed by atoms with E-state index < -0.39 is 0 Å². The van der Waals surface area contributed by atoms with Gasteiger partial charge in [0.2, 0.25) is 0 Å². The minimum Gasteiger partial charge on any atom is -0.506 e. The van der Waals surface area contributed by atoms with Gasteiger partial charge in [-0.3, -0.25) is 4.79 Å². The molecule has 0 saturated heterocycles. The number of methoxy groups -OCH3 is 1. The zero-order chi connectivity index (χ0) is 13.8. The molecule has 19 heavy (non-hydrogen) atoms. The highest BCUT2D eigenvalue weighted by Gasteiger charge is 2.16. The molecule has 0 aliphatic carbocycles. The van der Waals surface area contributed by atoms with E-state index in [0.29, 0.717) is 17.7 Å².